The second-order valence-corrected chi connectivity index (χ2v) is 6.58. The van der Waals surface area contributed by atoms with Crippen LogP contribution in [-0.4, -0.2) is 19.0 Å². The number of nitrogen functional groups attached to an aromatic ring is 1. The standard InChI is InChI=1S/C21H24ClN5O/c1-4-27(5-2)17-7-9-20(14(3)10-17)25-13-15(12-23)21(28)26-16-6-8-19(24)18(22)11-16/h6-11,13,25H,4-5,24H2,1-3H3,(H,26,28)/b15-13-. The van der Waals surface area contributed by atoms with Gasteiger partial charge in [-0.3, -0.25) is 4.79 Å². The van der Waals surface area contributed by atoms with Gasteiger partial charge < -0.3 is 21.3 Å². The molecule has 6 nitrogen and oxygen atoms in total. The van der Waals surface area contributed by atoms with Crippen molar-refractivity contribution >= 4 is 40.3 Å². The molecule has 4 N–H and O–H groups in total. The maximum Gasteiger partial charge on any atom is 0.267 e. The molecule has 0 aliphatic rings. The lowest BCUT2D eigenvalue weighted by molar-refractivity contribution is -0.112. The Hall–Kier alpha value is -3.17. The molecular weight excluding hydrogens is 374 g/mol. The second-order valence-electron chi connectivity index (χ2n) is 6.18. The quantitative estimate of drug-likeness (QED) is 0.362. The summed E-state index contributed by atoms with van der Waals surface area (Å²) in [5.41, 5.74) is 9.46. The highest BCUT2D eigenvalue weighted by atomic mass is 35.5. The summed E-state index contributed by atoms with van der Waals surface area (Å²) in [5.74, 6) is -0.534. The van der Waals surface area contributed by atoms with E-state index in [4.69, 9.17) is 17.3 Å². The lowest BCUT2D eigenvalue weighted by atomic mass is 10.1. The molecule has 0 aliphatic carbocycles. The van der Waals surface area contributed by atoms with E-state index in [1.165, 1.54) is 12.3 Å². The zero-order valence-electron chi connectivity index (χ0n) is 16.2. The Labute approximate surface area is 170 Å². The summed E-state index contributed by atoms with van der Waals surface area (Å²) in [4.78, 5) is 14.6. The molecule has 0 fully saturated rings. The highest BCUT2D eigenvalue weighted by Crippen LogP contribution is 2.24. The molecule has 0 spiro atoms. The number of carbonyl (C=O) groups is 1. The van der Waals surface area contributed by atoms with Crippen molar-refractivity contribution in [2.75, 3.05) is 34.4 Å². The minimum atomic E-state index is -0.534. The summed E-state index contributed by atoms with van der Waals surface area (Å²) in [6, 6.07) is 12.7. The van der Waals surface area contributed by atoms with Crippen molar-refractivity contribution in [2.45, 2.75) is 20.8 Å². The zero-order chi connectivity index (χ0) is 20.7. The number of nitrogens with two attached hydrogens (primary N) is 1. The summed E-state index contributed by atoms with van der Waals surface area (Å²) < 4.78 is 0. The summed E-state index contributed by atoms with van der Waals surface area (Å²) in [6.07, 6.45) is 1.40. The maximum absolute atomic E-state index is 12.3. The molecule has 7 heteroatoms. The summed E-state index contributed by atoms with van der Waals surface area (Å²) in [5, 5.41) is 15.3. The van der Waals surface area contributed by atoms with Gasteiger partial charge in [-0.15, -0.1) is 0 Å². The van der Waals surface area contributed by atoms with Crippen LogP contribution in [0.3, 0.4) is 0 Å². The van der Waals surface area contributed by atoms with Crippen molar-refractivity contribution in [3.05, 3.63) is 58.8 Å². The number of nitriles is 1. The molecule has 0 unspecified atom stereocenters. The smallest absolute Gasteiger partial charge is 0.267 e. The lowest BCUT2D eigenvalue weighted by Gasteiger charge is -2.22. The van der Waals surface area contributed by atoms with Gasteiger partial charge in [-0.2, -0.15) is 5.26 Å². The molecule has 0 aliphatic heterocycles. The molecule has 0 radical (unpaired) electrons. The van der Waals surface area contributed by atoms with E-state index in [0.717, 1.165) is 30.0 Å². The predicted molar refractivity (Wildman–Crippen MR) is 117 cm³/mol. The molecule has 146 valence electrons. The van der Waals surface area contributed by atoms with Crippen LogP contribution in [0.4, 0.5) is 22.7 Å². The van der Waals surface area contributed by atoms with Gasteiger partial charge in [0, 0.05) is 36.4 Å². The molecule has 0 atom stereocenters. The number of benzene rings is 2. The van der Waals surface area contributed by atoms with E-state index in [1.807, 2.05) is 25.1 Å². The zero-order valence-corrected chi connectivity index (χ0v) is 17.0. The molecule has 0 bridgehead atoms. The van der Waals surface area contributed by atoms with Crippen LogP contribution in [0.1, 0.15) is 19.4 Å². The number of rotatable bonds is 7. The van der Waals surface area contributed by atoms with Crippen molar-refractivity contribution in [2.24, 2.45) is 0 Å². The molecule has 2 aromatic rings. The maximum atomic E-state index is 12.3. The Kier molecular flexibility index (Phi) is 7.30. The Morgan fingerprint density at radius 3 is 2.54 bits per heavy atom. The fourth-order valence-corrected chi connectivity index (χ4v) is 2.88. The van der Waals surface area contributed by atoms with E-state index in [-0.39, 0.29) is 5.57 Å². The third-order valence-electron chi connectivity index (χ3n) is 4.33. The number of nitrogens with zero attached hydrogens (tertiary/aromatic N) is 2. The van der Waals surface area contributed by atoms with Gasteiger partial charge in [0.1, 0.15) is 11.6 Å². The molecule has 28 heavy (non-hydrogen) atoms. The van der Waals surface area contributed by atoms with Gasteiger partial charge in [-0.25, -0.2) is 0 Å². The Morgan fingerprint density at radius 2 is 1.96 bits per heavy atom. The normalized spacial score (nSPS) is 10.9. The molecule has 2 rings (SSSR count). The van der Waals surface area contributed by atoms with Crippen LogP contribution in [0.25, 0.3) is 0 Å². The van der Waals surface area contributed by atoms with Crippen molar-refractivity contribution in [1.82, 2.24) is 0 Å². The van der Waals surface area contributed by atoms with E-state index in [2.05, 4.69) is 35.4 Å². The first kappa shape index (κ1) is 21.1. The largest absolute Gasteiger partial charge is 0.398 e. The number of halogens is 1. The molecule has 0 saturated carbocycles. The fourth-order valence-electron chi connectivity index (χ4n) is 2.70. The predicted octanol–water partition coefficient (Wildman–Crippen LogP) is 4.53. The van der Waals surface area contributed by atoms with Gasteiger partial charge in [-0.1, -0.05) is 11.6 Å². The van der Waals surface area contributed by atoms with Crippen LogP contribution < -0.4 is 21.3 Å². The van der Waals surface area contributed by atoms with Crippen LogP contribution in [0.15, 0.2) is 48.2 Å². The Morgan fingerprint density at radius 1 is 1.25 bits per heavy atom. The summed E-state index contributed by atoms with van der Waals surface area (Å²) >= 11 is 5.95. The van der Waals surface area contributed by atoms with Crippen LogP contribution in [0.2, 0.25) is 5.02 Å². The van der Waals surface area contributed by atoms with Gasteiger partial charge in [-0.05, 0) is 62.7 Å². The van der Waals surface area contributed by atoms with Crippen molar-refractivity contribution in [3.8, 4) is 6.07 Å². The van der Waals surface area contributed by atoms with Crippen LogP contribution >= 0.6 is 11.6 Å². The minimum Gasteiger partial charge on any atom is -0.398 e. The second kappa shape index (κ2) is 9.67. The number of anilines is 4. The van der Waals surface area contributed by atoms with Crippen molar-refractivity contribution in [3.63, 3.8) is 0 Å². The third-order valence-corrected chi connectivity index (χ3v) is 4.66. The van der Waals surface area contributed by atoms with Crippen LogP contribution in [-0.2, 0) is 4.79 Å². The molecule has 2 aromatic carbocycles. The first-order valence-electron chi connectivity index (χ1n) is 8.98. The monoisotopic (exact) mass is 397 g/mol. The first-order chi connectivity index (χ1) is 13.4. The number of hydrogen-bond donors (Lipinski definition) is 3. The summed E-state index contributed by atoms with van der Waals surface area (Å²) in [7, 11) is 0. The van der Waals surface area contributed by atoms with Gasteiger partial charge in [0.2, 0.25) is 0 Å². The number of amides is 1. The topological polar surface area (TPSA) is 94.2 Å². The van der Waals surface area contributed by atoms with Gasteiger partial charge in [0.05, 0.1) is 10.7 Å². The molecule has 0 heterocycles. The van der Waals surface area contributed by atoms with Gasteiger partial charge in [0.15, 0.2) is 0 Å². The minimum absolute atomic E-state index is 0.0554. The highest BCUT2D eigenvalue weighted by Gasteiger charge is 2.11. The average molecular weight is 398 g/mol. The Bertz CT molecular complexity index is 929. The number of nitrogens with one attached hydrogen (secondary N) is 2. The van der Waals surface area contributed by atoms with E-state index >= 15 is 0 Å². The first-order valence-corrected chi connectivity index (χ1v) is 9.36. The van der Waals surface area contributed by atoms with Crippen molar-refractivity contribution < 1.29 is 4.79 Å². The number of aryl methyl sites for hydroxylation is 1. The van der Waals surface area contributed by atoms with Crippen molar-refractivity contribution in [1.29, 1.82) is 5.26 Å². The van der Waals surface area contributed by atoms with Gasteiger partial charge >= 0.3 is 0 Å². The third kappa shape index (κ3) is 5.18. The molecule has 0 aromatic heterocycles. The molecular formula is C21H24ClN5O. The molecule has 1 amide bonds. The fraction of sp³-hybridized carbons (Fsp3) is 0.238. The Balaban J connectivity index is 2.13. The number of carbonyl (C=O) groups excluding carboxylic acids is 1. The van der Waals surface area contributed by atoms with Crippen LogP contribution in [0.5, 0.6) is 0 Å². The average Bonchev–Trinajstić information content (AvgIpc) is 2.67. The molecule has 0 saturated heterocycles. The van der Waals surface area contributed by atoms with E-state index < -0.39 is 5.91 Å². The SMILES string of the molecule is CCN(CC)c1ccc(N/C=C(/C#N)C(=O)Nc2ccc(N)c(Cl)c2)c(C)c1. The highest BCUT2D eigenvalue weighted by molar-refractivity contribution is 6.33. The number of hydrogen-bond acceptors (Lipinski definition) is 5. The van der Waals surface area contributed by atoms with Gasteiger partial charge in [0.25, 0.3) is 5.91 Å². The van der Waals surface area contributed by atoms with E-state index in [1.54, 1.807) is 12.1 Å². The lowest BCUT2D eigenvalue weighted by Crippen LogP contribution is -2.21. The van der Waals surface area contributed by atoms with E-state index in [9.17, 15) is 10.1 Å². The van der Waals surface area contributed by atoms with Crippen LogP contribution in [0, 0.1) is 18.3 Å². The van der Waals surface area contributed by atoms with E-state index in [0.29, 0.717) is 16.4 Å². The summed E-state index contributed by atoms with van der Waals surface area (Å²) in [6.45, 7) is 8.05.